The van der Waals surface area contributed by atoms with Gasteiger partial charge >= 0.3 is 6.09 Å². The molecule has 0 aliphatic rings. The van der Waals surface area contributed by atoms with Crippen LogP contribution in [0.4, 0.5) is 4.79 Å². The molecule has 0 heterocycles. The molecule has 6 heteroatoms. The van der Waals surface area contributed by atoms with Gasteiger partial charge in [-0.3, -0.25) is 4.79 Å². The molecule has 16 heavy (non-hydrogen) atoms. The van der Waals surface area contributed by atoms with E-state index in [0.29, 0.717) is 32.0 Å². The third-order valence-corrected chi connectivity index (χ3v) is 1.68. The van der Waals surface area contributed by atoms with Crippen LogP contribution in [-0.2, 0) is 9.53 Å². The number of nitrogens with two attached hydrogens (primary N) is 1. The van der Waals surface area contributed by atoms with E-state index in [1.807, 2.05) is 13.8 Å². The summed E-state index contributed by atoms with van der Waals surface area (Å²) in [4.78, 5) is 21.8. The molecule has 0 saturated carbocycles. The Bertz CT molecular complexity index is 219. The molecule has 0 atom stereocenters. The number of carbonyl (C=O) groups is 2. The zero-order valence-electron chi connectivity index (χ0n) is 9.91. The minimum Gasteiger partial charge on any atom is -0.449 e. The Morgan fingerprint density at radius 1 is 1.25 bits per heavy atom. The van der Waals surface area contributed by atoms with Gasteiger partial charge in [0.05, 0.1) is 13.2 Å². The fourth-order valence-corrected chi connectivity index (χ4v) is 0.872. The Hall–Kier alpha value is -1.30. The Balaban J connectivity index is 3.31. The number of hydrogen-bond donors (Lipinski definition) is 3. The molecule has 0 aliphatic heterocycles. The quantitative estimate of drug-likeness (QED) is 0.530. The van der Waals surface area contributed by atoms with Gasteiger partial charge in [-0.15, -0.1) is 0 Å². The minimum atomic E-state index is -0.418. The van der Waals surface area contributed by atoms with E-state index in [9.17, 15) is 9.59 Å². The lowest BCUT2D eigenvalue weighted by molar-refractivity contribution is -0.119. The predicted octanol–water partition coefficient (Wildman–Crippen LogP) is -0.166. The molecule has 6 nitrogen and oxygen atoms in total. The van der Waals surface area contributed by atoms with Crippen molar-refractivity contribution in [1.82, 2.24) is 10.6 Å². The first-order valence-corrected chi connectivity index (χ1v) is 5.43. The van der Waals surface area contributed by atoms with E-state index in [1.54, 1.807) is 0 Å². The summed E-state index contributed by atoms with van der Waals surface area (Å²) in [5.41, 5.74) is 5.10. The van der Waals surface area contributed by atoms with Crippen LogP contribution in [0.1, 0.15) is 20.3 Å². The normalized spacial score (nSPS) is 10.0. The summed E-state index contributed by atoms with van der Waals surface area (Å²) in [7, 11) is 0. The second kappa shape index (κ2) is 8.96. The molecule has 94 valence electrons. The van der Waals surface area contributed by atoms with Crippen molar-refractivity contribution in [3.8, 4) is 0 Å². The molecule has 0 aromatic rings. The molecule has 0 bridgehead atoms. The number of hydrogen-bond acceptors (Lipinski definition) is 4. The summed E-state index contributed by atoms with van der Waals surface area (Å²) in [6, 6.07) is 0. The lowest BCUT2D eigenvalue weighted by atomic mass is 10.2. The van der Waals surface area contributed by atoms with Crippen molar-refractivity contribution in [2.45, 2.75) is 20.3 Å². The van der Waals surface area contributed by atoms with Gasteiger partial charge in [0.1, 0.15) is 0 Å². The van der Waals surface area contributed by atoms with Gasteiger partial charge in [0.25, 0.3) is 0 Å². The van der Waals surface area contributed by atoms with Gasteiger partial charge in [-0.2, -0.15) is 0 Å². The van der Waals surface area contributed by atoms with E-state index in [0.717, 1.165) is 0 Å². The largest absolute Gasteiger partial charge is 0.449 e. The van der Waals surface area contributed by atoms with E-state index >= 15 is 0 Å². The van der Waals surface area contributed by atoms with Crippen LogP contribution >= 0.6 is 0 Å². The molecule has 0 saturated heterocycles. The third-order valence-electron chi connectivity index (χ3n) is 1.68. The highest BCUT2D eigenvalue weighted by Gasteiger charge is 2.02. The molecule has 0 spiro atoms. The van der Waals surface area contributed by atoms with Crippen molar-refractivity contribution in [2.75, 3.05) is 26.2 Å². The van der Waals surface area contributed by atoms with Crippen molar-refractivity contribution in [1.29, 1.82) is 0 Å². The van der Waals surface area contributed by atoms with Gasteiger partial charge in [0.2, 0.25) is 5.91 Å². The standard InChI is InChI=1S/C10H21N3O3/c1-8(2)7-16-10(15)13-5-3-4-12-9(14)6-11/h8H,3-7,11H2,1-2H3,(H,12,14)(H,13,15). The van der Waals surface area contributed by atoms with Crippen LogP contribution in [0.2, 0.25) is 0 Å². The molecular weight excluding hydrogens is 210 g/mol. The Labute approximate surface area is 95.9 Å². The molecule has 0 aromatic carbocycles. The Morgan fingerprint density at radius 2 is 1.88 bits per heavy atom. The molecule has 0 unspecified atom stereocenters. The number of ether oxygens (including phenoxy) is 1. The smallest absolute Gasteiger partial charge is 0.407 e. The fourth-order valence-electron chi connectivity index (χ4n) is 0.872. The first kappa shape index (κ1) is 14.7. The van der Waals surface area contributed by atoms with Crippen LogP contribution < -0.4 is 16.4 Å². The van der Waals surface area contributed by atoms with E-state index in [-0.39, 0.29) is 12.5 Å². The summed E-state index contributed by atoms with van der Waals surface area (Å²) < 4.78 is 4.89. The highest BCUT2D eigenvalue weighted by Crippen LogP contribution is 1.92. The van der Waals surface area contributed by atoms with Gasteiger partial charge in [-0.25, -0.2) is 4.79 Å². The molecule has 4 N–H and O–H groups in total. The SMILES string of the molecule is CC(C)COC(=O)NCCCNC(=O)CN. The molecule has 2 amide bonds. The fraction of sp³-hybridized carbons (Fsp3) is 0.800. The first-order valence-electron chi connectivity index (χ1n) is 5.43. The van der Waals surface area contributed by atoms with Gasteiger partial charge < -0.3 is 21.1 Å². The first-order chi connectivity index (χ1) is 7.56. The van der Waals surface area contributed by atoms with E-state index < -0.39 is 6.09 Å². The van der Waals surface area contributed by atoms with E-state index in [4.69, 9.17) is 10.5 Å². The average Bonchev–Trinajstić information content (AvgIpc) is 2.25. The molecule has 0 aliphatic carbocycles. The number of alkyl carbamates (subject to hydrolysis) is 1. The van der Waals surface area contributed by atoms with Gasteiger partial charge in [0, 0.05) is 13.1 Å². The van der Waals surface area contributed by atoms with Crippen molar-refractivity contribution in [2.24, 2.45) is 11.7 Å². The minimum absolute atomic E-state index is 0.0101. The summed E-state index contributed by atoms with van der Waals surface area (Å²) in [6.07, 6.45) is 0.238. The van der Waals surface area contributed by atoms with Gasteiger partial charge in [-0.05, 0) is 12.3 Å². The van der Waals surface area contributed by atoms with E-state index in [1.165, 1.54) is 0 Å². The maximum absolute atomic E-state index is 11.1. The highest BCUT2D eigenvalue weighted by atomic mass is 16.5. The topological polar surface area (TPSA) is 93.5 Å². The van der Waals surface area contributed by atoms with Crippen LogP contribution in [0, 0.1) is 5.92 Å². The molecule has 0 radical (unpaired) electrons. The van der Waals surface area contributed by atoms with Crippen molar-refractivity contribution in [3.05, 3.63) is 0 Å². The summed E-state index contributed by atoms with van der Waals surface area (Å²) in [5.74, 6) is 0.136. The third kappa shape index (κ3) is 9.26. The molecule has 0 aromatic heterocycles. The number of rotatable bonds is 7. The Morgan fingerprint density at radius 3 is 2.44 bits per heavy atom. The second-order valence-corrected chi connectivity index (χ2v) is 3.83. The Kier molecular flexibility index (Phi) is 8.24. The van der Waals surface area contributed by atoms with Crippen LogP contribution in [-0.4, -0.2) is 38.2 Å². The lowest BCUT2D eigenvalue weighted by Crippen LogP contribution is -2.33. The second-order valence-electron chi connectivity index (χ2n) is 3.83. The maximum atomic E-state index is 11.1. The van der Waals surface area contributed by atoms with Crippen LogP contribution in [0.3, 0.4) is 0 Å². The molecular formula is C10H21N3O3. The predicted molar refractivity (Wildman–Crippen MR) is 60.9 cm³/mol. The summed E-state index contributed by atoms with van der Waals surface area (Å²) >= 11 is 0. The van der Waals surface area contributed by atoms with Crippen LogP contribution in [0.15, 0.2) is 0 Å². The van der Waals surface area contributed by atoms with Crippen molar-refractivity contribution in [3.63, 3.8) is 0 Å². The van der Waals surface area contributed by atoms with Gasteiger partial charge in [0.15, 0.2) is 0 Å². The zero-order valence-corrected chi connectivity index (χ0v) is 9.91. The monoisotopic (exact) mass is 231 g/mol. The maximum Gasteiger partial charge on any atom is 0.407 e. The zero-order chi connectivity index (χ0) is 12.4. The number of amides is 2. The van der Waals surface area contributed by atoms with Gasteiger partial charge in [-0.1, -0.05) is 13.8 Å². The molecule has 0 rings (SSSR count). The lowest BCUT2D eigenvalue weighted by Gasteiger charge is -2.08. The van der Waals surface area contributed by atoms with Crippen molar-refractivity contribution >= 4 is 12.0 Å². The average molecular weight is 231 g/mol. The number of nitrogens with one attached hydrogen (secondary N) is 2. The van der Waals surface area contributed by atoms with E-state index in [2.05, 4.69) is 10.6 Å². The highest BCUT2D eigenvalue weighted by molar-refractivity contribution is 5.77. The van der Waals surface area contributed by atoms with Crippen LogP contribution in [0.25, 0.3) is 0 Å². The van der Waals surface area contributed by atoms with Crippen molar-refractivity contribution < 1.29 is 14.3 Å². The van der Waals surface area contributed by atoms with Crippen LogP contribution in [0.5, 0.6) is 0 Å². The summed E-state index contributed by atoms with van der Waals surface area (Å²) in [6.45, 7) is 5.31. The number of carbonyl (C=O) groups excluding carboxylic acids is 2. The molecule has 0 fully saturated rings. The summed E-state index contributed by atoms with van der Waals surface area (Å²) in [5, 5.41) is 5.19.